The number of carbonyl (C=O) groups excluding carboxylic acids is 2. The molecule has 0 spiro atoms. The van der Waals surface area contributed by atoms with E-state index in [9.17, 15) is 9.59 Å². The Labute approximate surface area is 134 Å². The second kappa shape index (κ2) is 6.23. The number of rotatable bonds is 3. The van der Waals surface area contributed by atoms with Gasteiger partial charge >= 0.3 is 0 Å². The lowest BCUT2D eigenvalue weighted by atomic mass is 10.2. The van der Waals surface area contributed by atoms with Crippen LogP contribution in [0.25, 0.3) is 0 Å². The first-order chi connectivity index (χ1) is 9.47. The predicted molar refractivity (Wildman–Crippen MR) is 87.1 cm³/mol. The molecule has 0 aliphatic rings. The van der Waals surface area contributed by atoms with E-state index in [2.05, 4.69) is 27.9 Å². The Morgan fingerprint density at radius 3 is 2.20 bits per heavy atom. The maximum Gasteiger partial charge on any atom is 0.255 e. The molecule has 0 fully saturated rings. The summed E-state index contributed by atoms with van der Waals surface area (Å²) in [5.74, 6) is -0.776. The summed E-state index contributed by atoms with van der Waals surface area (Å²) in [5.41, 5.74) is 6.58. The summed E-state index contributed by atoms with van der Waals surface area (Å²) < 4.78 is 0.881. The molecule has 0 aliphatic carbocycles. The second-order valence-corrected chi connectivity index (χ2v) is 5.59. The topological polar surface area (TPSA) is 72.2 Å². The van der Waals surface area contributed by atoms with Crippen molar-refractivity contribution in [1.29, 1.82) is 0 Å². The number of amides is 2. The van der Waals surface area contributed by atoms with E-state index in [0.29, 0.717) is 21.8 Å². The Kier molecular flexibility index (Phi) is 4.61. The van der Waals surface area contributed by atoms with E-state index in [-0.39, 0.29) is 5.91 Å². The van der Waals surface area contributed by atoms with E-state index in [0.717, 1.165) is 3.57 Å². The average molecular weight is 401 g/mol. The van der Waals surface area contributed by atoms with Gasteiger partial charge in [-0.05, 0) is 65.1 Å². The van der Waals surface area contributed by atoms with Crippen molar-refractivity contribution >= 4 is 51.7 Å². The minimum atomic E-state index is -0.507. The second-order valence-electron chi connectivity index (χ2n) is 4.02. The van der Waals surface area contributed by atoms with Crippen molar-refractivity contribution in [2.45, 2.75) is 0 Å². The van der Waals surface area contributed by atoms with Crippen molar-refractivity contribution in [3.05, 3.63) is 62.2 Å². The molecule has 4 nitrogen and oxygen atoms in total. The summed E-state index contributed by atoms with van der Waals surface area (Å²) in [6.07, 6.45) is 0. The molecule has 3 N–H and O–H groups in total. The summed E-state index contributed by atoms with van der Waals surface area (Å²) >= 11 is 8.07. The lowest BCUT2D eigenvalue weighted by Gasteiger charge is -2.06. The minimum Gasteiger partial charge on any atom is -0.366 e. The largest absolute Gasteiger partial charge is 0.366 e. The molecule has 0 saturated heterocycles. The van der Waals surface area contributed by atoms with Crippen LogP contribution in [0.15, 0.2) is 42.5 Å². The van der Waals surface area contributed by atoms with E-state index in [1.807, 2.05) is 0 Å². The van der Waals surface area contributed by atoms with Gasteiger partial charge in [0.2, 0.25) is 5.91 Å². The van der Waals surface area contributed by atoms with E-state index in [4.69, 9.17) is 17.3 Å². The van der Waals surface area contributed by atoms with Gasteiger partial charge in [-0.3, -0.25) is 9.59 Å². The quantitative estimate of drug-likeness (QED) is 0.776. The first-order valence-corrected chi connectivity index (χ1v) is 7.09. The lowest BCUT2D eigenvalue weighted by molar-refractivity contribution is 0.0998. The smallest absolute Gasteiger partial charge is 0.255 e. The molecule has 6 heteroatoms. The van der Waals surface area contributed by atoms with Crippen molar-refractivity contribution < 1.29 is 9.59 Å². The fourth-order valence-electron chi connectivity index (χ4n) is 1.56. The van der Waals surface area contributed by atoms with Gasteiger partial charge in [0.15, 0.2) is 0 Å². The van der Waals surface area contributed by atoms with Crippen molar-refractivity contribution in [3.8, 4) is 0 Å². The number of nitrogens with two attached hydrogens (primary N) is 1. The number of hydrogen-bond acceptors (Lipinski definition) is 2. The normalized spacial score (nSPS) is 10.1. The monoisotopic (exact) mass is 400 g/mol. The van der Waals surface area contributed by atoms with Crippen LogP contribution < -0.4 is 11.1 Å². The highest BCUT2D eigenvalue weighted by molar-refractivity contribution is 14.1. The van der Waals surface area contributed by atoms with E-state index >= 15 is 0 Å². The van der Waals surface area contributed by atoms with Gasteiger partial charge in [-0.15, -0.1) is 0 Å². The van der Waals surface area contributed by atoms with Crippen LogP contribution in [0.5, 0.6) is 0 Å². The molecule has 0 aromatic heterocycles. The molecule has 0 bridgehead atoms. The molecular formula is C14H10ClIN2O2. The molecule has 20 heavy (non-hydrogen) atoms. The summed E-state index contributed by atoms with van der Waals surface area (Å²) in [7, 11) is 0. The molecule has 2 aromatic carbocycles. The Bertz CT molecular complexity index is 671. The zero-order valence-electron chi connectivity index (χ0n) is 10.2. The fraction of sp³-hybridized carbons (Fsp3) is 0. The van der Waals surface area contributed by atoms with Crippen molar-refractivity contribution in [1.82, 2.24) is 0 Å². The van der Waals surface area contributed by atoms with E-state index in [1.165, 1.54) is 0 Å². The minimum absolute atomic E-state index is 0.268. The van der Waals surface area contributed by atoms with Gasteiger partial charge in [-0.25, -0.2) is 0 Å². The maximum absolute atomic E-state index is 12.0. The number of carbonyl (C=O) groups is 2. The number of halogens is 2. The van der Waals surface area contributed by atoms with Gasteiger partial charge in [-0.2, -0.15) is 0 Å². The first kappa shape index (κ1) is 14.8. The highest BCUT2D eigenvalue weighted by Crippen LogP contribution is 2.20. The van der Waals surface area contributed by atoms with Crippen LogP contribution in [-0.2, 0) is 0 Å². The third kappa shape index (κ3) is 3.49. The van der Waals surface area contributed by atoms with Crippen LogP contribution in [0.2, 0.25) is 5.02 Å². The molecule has 0 aliphatic heterocycles. The van der Waals surface area contributed by atoms with Crippen LogP contribution in [0.1, 0.15) is 20.7 Å². The summed E-state index contributed by atoms with van der Waals surface area (Å²) in [4.78, 5) is 23.0. The lowest BCUT2D eigenvalue weighted by Crippen LogP contribution is -2.13. The fourth-order valence-corrected chi connectivity index (χ4v) is 2.07. The van der Waals surface area contributed by atoms with Gasteiger partial charge < -0.3 is 11.1 Å². The summed E-state index contributed by atoms with van der Waals surface area (Å²) in [6.45, 7) is 0. The molecule has 102 valence electrons. The van der Waals surface area contributed by atoms with Gasteiger partial charge in [0.1, 0.15) is 0 Å². The molecule has 2 rings (SSSR count). The third-order valence-corrected chi connectivity index (χ3v) is 4.18. The van der Waals surface area contributed by atoms with Crippen molar-refractivity contribution in [2.75, 3.05) is 5.32 Å². The summed E-state index contributed by atoms with van der Waals surface area (Å²) in [6, 6.07) is 11.4. The Hall–Kier alpha value is -1.60. The number of hydrogen-bond donors (Lipinski definition) is 2. The van der Waals surface area contributed by atoms with Gasteiger partial charge in [0.05, 0.1) is 5.02 Å². The van der Waals surface area contributed by atoms with Crippen molar-refractivity contribution in [2.24, 2.45) is 5.73 Å². The molecule has 0 atom stereocenters. The SMILES string of the molecule is NC(=O)c1ccc(NC(=O)c2ccc(I)c(Cl)c2)cc1. The van der Waals surface area contributed by atoms with Crippen LogP contribution in [-0.4, -0.2) is 11.8 Å². The highest BCUT2D eigenvalue weighted by Gasteiger charge is 2.08. The van der Waals surface area contributed by atoms with Crippen LogP contribution in [0.4, 0.5) is 5.69 Å². The predicted octanol–water partition coefficient (Wildman–Crippen LogP) is 3.30. The van der Waals surface area contributed by atoms with Crippen LogP contribution in [0.3, 0.4) is 0 Å². The Morgan fingerprint density at radius 2 is 1.65 bits per heavy atom. The Morgan fingerprint density at radius 1 is 1.05 bits per heavy atom. The number of anilines is 1. The van der Waals surface area contributed by atoms with Crippen LogP contribution in [0, 0.1) is 3.57 Å². The number of primary amides is 1. The maximum atomic E-state index is 12.0. The van der Waals surface area contributed by atoms with E-state index < -0.39 is 5.91 Å². The summed E-state index contributed by atoms with van der Waals surface area (Å²) in [5, 5.41) is 3.25. The molecule has 0 heterocycles. The average Bonchev–Trinajstić information content (AvgIpc) is 2.42. The van der Waals surface area contributed by atoms with Crippen molar-refractivity contribution in [3.63, 3.8) is 0 Å². The van der Waals surface area contributed by atoms with Gasteiger partial charge in [0, 0.05) is 20.4 Å². The third-order valence-electron chi connectivity index (χ3n) is 2.61. The molecule has 0 saturated carbocycles. The molecule has 0 unspecified atom stereocenters. The van der Waals surface area contributed by atoms with Gasteiger partial charge in [0.25, 0.3) is 5.91 Å². The zero-order chi connectivity index (χ0) is 14.7. The molecule has 2 aromatic rings. The first-order valence-electron chi connectivity index (χ1n) is 5.63. The standard InChI is InChI=1S/C14H10ClIN2O2/c15-11-7-9(3-6-12(11)16)14(20)18-10-4-1-8(2-5-10)13(17)19/h1-7H,(H2,17,19)(H,18,20). The van der Waals surface area contributed by atoms with Gasteiger partial charge in [-0.1, -0.05) is 11.6 Å². The number of nitrogens with one attached hydrogen (secondary N) is 1. The molecule has 0 radical (unpaired) electrons. The molecular weight excluding hydrogens is 391 g/mol. The highest BCUT2D eigenvalue weighted by atomic mass is 127. The van der Waals surface area contributed by atoms with E-state index in [1.54, 1.807) is 42.5 Å². The number of benzene rings is 2. The van der Waals surface area contributed by atoms with Crippen LogP contribution >= 0.6 is 34.2 Å². The molecule has 2 amide bonds. The Balaban J connectivity index is 2.14. The zero-order valence-corrected chi connectivity index (χ0v) is 13.1.